The van der Waals surface area contributed by atoms with Crippen molar-refractivity contribution in [1.29, 1.82) is 0 Å². The number of carbonyl (C=O) groups excluding carboxylic acids is 1. The van der Waals surface area contributed by atoms with Gasteiger partial charge in [0.25, 0.3) is 5.56 Å². The molecule has 0 unspecified atom stereocenters. The number of rotatable bonds is 4. The van der Waals surface area contributed by atoms with Crippen LogP contribution in [0.25, 0.3) is 38.9 Å². The lowest BCUT2D eigenvalue weighted by atomic mass is 10.1. The summed E-state index contributed by atoms with van der Waals surface area (Å²) >= 11 is 0. The molecular formula is C28H20N6O3. The van der Waals surface area contributed by atoms with Crippen LogP contribution in [-0.4, -0.2) is 43.5 Å². The van der Waals surface area contributed by atoms with Crippen LogP contribution >= 0.6 is 0 Å². The van der Waals surface area contributed by atoms with E-state index in [4.69, 9.17) is 19.7 Å². The molecule has 6 aromatic rings. The van der Waals surface area contributed by atoms with Crippen LogP contribution in [0.3, 0.4) is 0 Å². The third kappa shape index (κ3) is 3.73. The number of nitrogens with zero attached hydrogens (tertiary/aromatic N) is 6. The van der Waals surface area contributed by atoms with Gasteiger partial charge in [0.05, 0.1) is 35.6 Å². The van der Waals surface area contributed by atoms with Crippen molar-refractivity contribution < 1.29 is 9.53 Å². The molecule has 0 fully saturated rings. The van der Waals surface area contributed by atoms with Crippen molar-refractivity contribution in [3.8, 4) is 5.69 Å². The van der Waals surface area contributed by atoms with E-state index in [9.17, 15) is 9.59 Å². The quantitative estimate of drug-likeness (QED) is 0.271. The summed E-state index contributed by atoms with van der Waals surface area (Å²) in [5, 5.41) is 4.98. The van der Waals surface area contributed by atoms with Gasteiger partial charge >= 0.3 is 5.97 Å². The molecule has 3 aromatic carbocycles. The molecule has 9 nitrogen and oxygen atoms in total. The van der Waals surface area contributed by atoms with Crippen LogP contribution in [0.15, 0.2) is 88.8 Å². The first-order valence-corrected chi connectivity index (χ1v) is 11.5. The highest BCUT2D eigenvalue weighted by Gasteiger charge is 2.21. The highest BCUT2D eigenvalue weighted by Crippen LogP contribution is 2.26. The van der Waals surface area contributed by atoms with E-state index in [1.165, 1.54) is 7.11 Å². The monoisotopic (exact) mass is 488 g/mol. The van der Waals surface area contributed by atoms with E-state index < -0.39 is 5.97 Å². The lowest BCUT2D eigenvalue weighted by Crippen LogP contribution is -2.22. The summed E-state index contributed by atoms with van der Waals surface area (Å²) in [4.78, 5) is 40.0. The Kier molecular flexibility index (Phi) is 5.30. The molecule has 0 atom stereocenters. The van der Waals surface area contributed by atoms with Crippen LogP contribution in [-0.2, 0) is 4.74 Å². The topological polar surface area (TPSA) is 104 Å². The lowest BCUT2D eigenvalue weighted by Gasteiger charge is -2.09. The van der Waals surface area contributed by atoms with Crippen molar-refractivity contribution in [2.24, 2.45) is 5.10 Å². The van der Waals surface area contributed by atoms with E-state index >= 15 is 0 Å². The average molecular weight is 489 g/mol. The third-order valence-electron chi connectivity index (χ3n) is 6.09. The fourth-order valence-electron chi connectivity index (χ4n) is 4.32. The highest BCUT2D eigenvalue weighted by molar-refractivity contribution is 6.05. The predicted molar refractivity (Wildman–Crippen MR) is 141 cm³/mol. The van der Waals surface area contributed by atoms with Crippen LogP contribution in [0.2, 0.25) is 0 Å². The van der Waals surface area contributed by atoms with E-state index in [2.05, 4.69) is 5.10 Å². The largest absolute Gasteiger partial charge is 0.465 e. The van der Waals surface area contributed by atoms with Crippen molar-refractivity contribution in [1.82, 2.24) is 24.2 Å². The maximum atomic E-state index is 13.9. The second-order valence-corrected chi connectivity index (χ2v) is 8.39. The fourth-order valence-corrected chi connectivity index (χ4v) is 4.32. The number of benzene rings is 3. The molecule has 0 aliphatic rings. The second-order valence-electron chi connectivity index (χ2n) is 8.39. The standard InChI is InChI=1S/C28H20N6O3/c1-17-30-25-23(27(35)33(17)20-8-4-3-5-9-20)24-26(32-22-11-7-6-10-21(22)31-24)34(25)29-16-18-12-14-19(15-13-18)28(36)37-2/h3-16H,1-2H3. The zero-order valence-corrected chi connectivity index (χ0v) is 20.0. The van der Waals surface area contributed by atoms with Gasteiger partial charge in [0.2, 0.25) is 0 Å². The minimum Gasteiger partial charge on any atom is -0.465 e. The molecule has 0 amide bonds. The SMILES string of the molecule is COC(=O)c1ccc(C=Nn2c3nc4ccccc4nc3c3c(=O)n(-c4ccccc4)c(C)nc32)cc1. The molecule has 0 radical (unpaired) electrons. The molecule has 0 aliphatic carbocycles. The maximum Gasteiger partial charge on any atom is 0.337 e. The Morgan fingerprint density at radius 1 is 0.865 bits per heavy atom. The number of ether oxygens (including phenoxy) is 1. The summed E-state index contributed by atoms with van der Waals surface area (Å²) in [6.07, 6.45) is 1.62. The van der Waals surface area contributed by atoms with Gasteiger partial charge < -0.3 is 4.74 Å². The summed E-state index contributed by atoms with van der Waals surface area (Å²) in [5.74, 6) is 0.0948. The Labute approximate surface area is 210 Å². The Morgan fingerprint density at radius 2 is 1.54 bits per heavy atom. The van der Waals surface area contributed by atoms with E-state index in [1.807, 2.05) is 54.6 Å². The minimum atomic E-state index is -0.414. The van der Waals surface area contributed by atoms with E-state index in [-0.39, 0.29) is 5.56 Å². The first-order chi connectivity index (χ1) is 18.0. The number of para-hydroxylation sites is 3. The van der Waals surface area contributed by atoms with E-state index in [1.54, 1.807) is 46.6 Å². The molecule has 6 rings (SSSR count). The Bertz CT molecular complexity index is 1910. The van der Waals surface area contributed by atoms with Gasteiger partial charge in [-0.3, -0.25) is 9.36 Å². The first-order valence-electron chi connectivity index (χ1n) is 11.5. The number of carbonyl (C=O) groups is 1. The lowest BCUT2D eigenvalue weighted by molar-refractivity contribution is 0.0600. The van der Waals surface area contributed by atoms with Gasteiger partial charge in [-0.05, 0) is 48.9 Å². The number of hydrogen-bond acceptors (Lipinski definition) is 7. The predicted octanol–water partition coefficient (Wildman–Crippen LogP) is 4.26. The van der Waals surface area contributed by atoms with Crippen molar-refractivity contribution >= 4 is 45.4 Å². The fraction of sp³-hybridized carbons (Fsp3) is 0.0714. The Morgan fingerprint density at radius 3 is 2.24 bits per heavy atom. The first kappa shape index (κ1) is 22.3. The summed E-state index contributed by atoms with van der Waals surface area (Å²) in [5.41, 5.74) is 4.20. The average Bonchev–Trinajstić information content (AvgIpc) is 3.23. The van der Waals surface area contributed by atoms with E-state index in [0.29, 0.717) is 50.3 Å². The molecule has 3 heterocycles. The van der Waals surface area contributed by atoms with Crippen LogP contribution < -0.4 is 5.56 Å². The van der Waals surface area contributed by atoms with Crippen molar-refractivity contribution in [3.63, 3.8) is 0 Å². The van der Waals surface area contributed by atoms with Gasteiger partial charge in [0.15, 0.2) is 11.3 Å². The maximum absolute atomic E-state index is 13.9. The number of esters is 1. The zero-order valence-electron chi connectivity index (χ0n) is 20.0. The van der Waals surface area contributed by atoms with Gasteiger partial charge in [-0.2, -0.15) is 9.78 Å². The van der Waals surface area contributed by atoms with Crippen LogP contribution in [0.1, 0.15) is 21.7 Å². The molecule has 0 saturated heterocycles. The summed E-state index contributed by atoms with van der Waals surface area (Å²) < 4.78 is 7.87. The minimum absolute atomic E-state index is 0.250. The smallest absolute Gasteiger partial charge is 0.337 e. The van der Waals surface area contributed by atoms with Crippen LogP contribution in [0, 0.1) is 6.92 Å². The zero-order chi connectivity index (χ0) is 25.5. The third-order valence-corrected chi connectivity index (χ3v) is 6.09. The number of aromatic nitrogens is 5. The Hall–Kier alpha value is -5.18. The summed E-state index contributed by atoms with van der Waals surface area (Å²) in [6, 6.07) is 23.7. The van der Waals surface area contributed by atoms with Crippen molar-refractivity contribution in [3.05, 3.63) is 106 Å². The molecule has 37 heavy (non-hydrogen) atoms. The number of hydrogen-bond donors (Lipinski definition) is 0. The summed E-state index contributed by atoms with van der Waals surface area (Å²) in [6.45, 7) is 1.78. The normalized spacial score (nSPS) is 11.6. The summed E-state index contributed by atoms with van der Waals surface area (Å²) in [7, 11) is 1.34. The molecule has 180 valence electrons. The van der Waals surface area contributed by atoms with Gasteiger partial charge in [0, 0.05) is 0 Å². The number of aryl methyl sites for hydroxylation is 1. The van der Waals surface area contributed by atoms with Crippen LogP contribution in [0.5, 0.6) is 0 Å². The van der Waals surface area contributed by atoms with Gasteiger partial charge in [-0.25, -0.2) is 19.7 Å². The van der Waals surface area contributed by atoms with Crippen molar-refractivity contribution in [2.45, 2.75) is 6.92 Å². The van der Waals surface area contributed by atoms with Crippen LogP contribution in [0.4, 0.5) is 0 Å². The molecule has 0 N–H and O–H groups in total. The van der Waals surface area contributed by atoms with Gasteiger partial charge in [0.1, 0.15) is 16.7 Å². The van der Waals surface area contributed by atoms with E-state index in [0.717, 1.165) is 5.56 Å². The molecule has 0 spiro atoms. The number of fused-ring (bicyclic) bond motifs is 4. The number of methoxy groups -OCH3 is 1. The van der Waals surface area contributed by atoms with Crippen molar-refractivity contribution in [2.75, 3.05) is 7.11 Å². The molecule has 0 aliphatic heterocycles. The molecule has 9 heteroatoms. The molecular weight excluding hydrogens is 468 g/mol. The Balaban J connectivity index is 1.61. The van der Waals surface area contributed by atoms with Gasteiger partial charge in [-0.15, -0.1) is 0 Å². The molecule has 3 aromatic heterocycles. The molecule has 0 bridgehead atoms. The van der Waals surface area contributed by atoms with Gasteiger partial charge in [-0.1, -0.05) is 42.5 Å². The highest BCUT2D eigenvalue weighted by atomic mass is 16.5. The second kappa shape index (κ2) is 8.80. The molecule has 0 saturated carbocycles.